The SMILES string of the molecule is CCOc1cc(CNCCSc2nnnn2C)cc(Br)c1OCc1ccccc1Cl.Cl. The van der Waals surface area contributed by atoms with Gasteiger partial charge in [-0.05, 0) is 57.0 Å². The lowest BCUT2D eigenvalue weighted by Crippen LogP contribution is -2.17. The standard InChI is InChI=1S/C20H23BrClN5O2S.ClH/c1-3-28-18-11-14(12-23-8-9-30-20-24-25-26-27(20)2)10-16(21)19(18)29-13-15-6-4-5-7-17(15)22;/h4-7,10-11,23H,3,8-9,12-13H2,1-2H3;1H. The molecule has 1 N–H and O–H groups in total. The van der Waals surface area contributed by atoms with Gasteiger partial charge < -0.3 is 14.8 Å². The summed E-state index contributed by atoms with van der Waals surface area (Å²) < 4.78 is 14.4. The summed E-state index contributed by atoms with van der Waals surface area (Å²) in [5.41, 5.74) is 2.02. The highest BCUT2D eigenvalue weighted by Gasteiger charge is 2.13. The number of rotatable bonds is 11. The molecule has 1 aromatic heterocycles. The molecule has 3 rings (SSSR count). The van der Waals surface area contributed by atoms with Crippen LogP contribution in [0.3, 0.4) is 0 Å². The number of halogens is 3. The van der Waals surface area contributed by atoms with Crippen LogP contribution in [0.1, 0.15) is 18.1 Å². The van der Waals surface area contributed by atoms with Crippen molar-refractivity contribution >= 4 is 51.7 Å². The van der Waals surface area contributed by atoms with Crippen LogP contribution in [0.25, 0.3) is 0 Å². The molecular weight excluding hydrogens is 525 g/mol. The highest BCUT2D eigenvalue weighted by atomic mass is 79.9. The summed E-state index contributed by atoms with van der Waals surface area (Å²) in [5, 5.41) is 16.3. The Morgan fingerprint density at radius 1 is 1.23 bits per heavy atom. The third kappa shape index (κ3) is 7.54. The Hall–Kier alpha value is -1.52. The second kappa shape index (κ2) is 13.1. The van der Waals surface area contributed by atoms with Gasteiger partial charge in [0.1, 0.15) is 6.61 Å². The highest BCUT2D eigenvalue weighted by Crippen LogP contribution is 2.37. The van der Waals surface area contributed by atoms with Crippen molar-refractivity contribution in [1.29, 1.82) is 0 Å². The molecule has 3 aromatic rings. The number of benzene rings is 2. The monoisotopic (exact) mass is 547 g/mol. The van der Waals surface area contributed by atoms with Gasteiger partial charge in [-0.15, -0.1) is 17.5 Å². The first-order valence-corrected chi connectivity index (χ1v) is 11.6. The van der Waals surface area contributed by atoms with Gasteiger partial charge in [-0.2, -0.15) is 0 Å². The Morgan fingerprint density at radius 3 is 2.74 bits per heavy atom. The Morgan fingerprint density at radius 2 is 2.03 bits per heavy atom. The molecule has 0 unspecified atom stereocenters. The molecule has 11 heteroatoms. The van der Waals surface area contributed by atoms with E-state index in [2.05, 4.69) is 36.8 Å². The van der Waals surface area contributed by atoms with Crippen molar-refractivity contribution in [1.82, 2.24) is 25.5 Å². The summed E-state index contributed by atoms with van der Waals surface area (Å²) in [7, 11) is 1.83. The van der Waals surface area contributed by atoms with E-state index < -0.39 is 0 Å². The van der Waals surface area contributed by atoms with E-state index in [1.54, 1.807) is 16.4 Å². The third-order valence-corrected chi connectivity index (χ3v) is 6.09. The maximum absolute atomic E-state index is 6.24. The first-order chi connectivity index (χ1) is 14.6. The van der Waals surface area contributed by atoms with Crippen LogP contribution < -0.4 is 14.8 Å². The number of tetrazole rings is 1. The summed E-state index contributed by atoms with van der Waals surface area (Å²) >= 11 is 11.5. The number of aromatic nitrogens is 4. The van der Waals surface area contributed by atoms with Crippen molar-refractivity contribution in [3.63, 3.8) is 0 Å². The Kier molecular flexibility index (Phi) is 10.9. The average Bonchev–Trinajstić information content (AvgIpc) is 3.13. The fourth-order valence-corrected chi connectivity index (χ4v) is 4.22. The normalized spacial score (nSPS) is 10.6. The van der Waals surface area contributed by atoms with Gasteiger partial charge in [0, 0.05) is 36.5 Å². The van der Waals surface area contributed by atoms with Crippen molar-refractivity contribution in [3.05, 3.63) is 57.0 Å². The maximum Gasteiger partial charge on any atom is 0.209 e. The molecule has 0 saturated carbocycles. The first kappa shape index (κ1) is 25.7. The molecule has 7 nitrogen and oxygen atoms in total. The van der Waals surface area contributed by atoms with Gasteiger partial charge in [-0.3, -0.25) is 0 Å². The maximum atomic E-state index is 6.24. The number of aryl methyl sites for hydroxylation is 1. The fourth-order valence-electron chi connectivity index (χ4n) is 2.68. The molecule has 0 radical (unpaired) electrons. The molecule has 31 heavy (non-hydrogen) atoms. The van der Waals surface area contributed by atoms with Crippen LogP contribution in [-0.2, 0) is 20.2 Å². The van der Waals surface area contributed by atoms with Crippen LogP contribution in [0.4, 0.5) is 0 Å². The molecule has 0 saturated heterocycles. The Bertz CT molecular complexity index is 976. The molecule has 0 bridgehead atoms. The third-order valence-electron chi connectivity index (χ3n) is 4.12. The van der Waals surface area contributed by atoms with Gasteiger partial charge >= 0.3 is 0 Å². The molecule has 1 heterocycles. The second-order valence-corrected chi connectivity index (χ2v) is 8.65. The minimum Gasteiger partial charge on any atom is -0.490 e. The molecular formula is C20H24BrCl2N5O2S. The fraction of sp³-hybridized carbons (Fsp3) is 0.350. The number of thioether (sulfide) groups is 1. The number of hydrogen-bond donors (Lipinski definition) is 1. The Labute approximate surface area is 205 Å². The number of ether oxygens (including phenoxy) is 2. The van der Waals surface area contributed by atoms with E-state index in [1.165, 1.54) is 0 Å². The predicted octanol–water partition coefficient (Wildman–Crippen LogP) is 4.91. The summed E-state index contributed by atoms with van der Waals surface area (Å²) in [6, 6.07) is 11.7. The van der Waals surface area contributed by atoms with E-state index in [4.69, 9.17) is 21.1 Å². The van der Waals surface area contributed by atoms with Crippen LogP contribution in [0.2, 0.25) is 5.02 Å². The molecule has 0 spiro atoms. The van der Waals surface area contributed by atoms with E-state index in [9.17, 15) is 0 Å². The zero-order chi connectivity index (χ0) is 21.3. The largest absolute Gasteiger partial charge is 0.490 e. The van der Waals surface area contributed by atoms with Crippen molar-refractivity contribution in [2.75, 3.05) is 18.9 Å². The van der Waals surface area contributed by atoms with Gasteiger partial charge in [0.15, 0.2) is 11.5 Å². The minimum atomic E-state index is 0. The molecule has 168 valence electrons. The van der Waals surface area contributed by atoms with Gasteiger partial charge in [-0.1, -0.05) is 41.6 Å². The van der Waals surface area contributed by atoms with E-state index in [0.717, 1.165) is 33.1 Å². The van der Waals surface area contributed by atoms with E-state index in [-0.39, 0.29) is 12.4 Å². The predicted molar refractivity (Wildman–Crippen MR) is 130 cm³/mol. The minimum absolute atomic E-state index is 0. The van der Waals surface area contributed by atoms with Crippen LogP contribution in [0.5, 0.6) is 11.5 Å². The molecule has 0 aliphatic rings. The summed E-state index contributed by atoms with van der Waals surface area (Å²) in [6.45, 7) is 4.40. The Balaban J connectivity index is 0.00000341. The summed E-state index contributed by atoms with van der Waals surface area (Å²) in [6.07, 6.45) is 0. The average molecular weight is 549 g/mol. The summed E-state index contributed by atoms with van der Waals surface area (Å²) in [5.74, 6) is 2.24. The molecule has 0 aliphatic carbocycles. The molecule has 0 aliphatic heterocycles. The lowest BCUT2D eigenvalue weighted by molar-refractivity contribution is 0.267. The van der Waals surface area contributed by atoms with E-state index in [0.29, 0.717) is 36.3 Å². The zero-order valence-electron chi connectivity index (χ0n) is 17.2. The van der Waals surface area contributed by atoms with Crippen LogP contribution >= 0.6 is 51.7 Å². The molecule has 0 fully saturated rings. The quantitative estimate of drug-likeness (QED) is 0.269. The lowest BCUT2D eigenvalue weighted by Gasteiger charge is -2.16. The molecule has 0 amide bonds. The highest BCUT2D eigenvalue weighted by molar-refractivity contribution is 9.10. The van der Waals surface area contributed by atoms with E-state index in [1.807, 2.05) is 50.4 Å². The van der Waals surface area contributed by atoms with Crippen LogP contribution in [-0.4, -0.2) is 39.1 Å². The smallest absolute Gasteiger partial charge is 0.209 e. The van der Waals surface area contributed by atoms with Gasteiger partial charge in [0.25, 0.3) is 0 Å². The number of nitrogens with one attached hydrogen (secondary N) is 1. The second-order valence-electron chi connectivity index (χ2n) is 6.33. The van der Waals surface area contributed by atoms with Gasteiger partial charge in [0.05, 0.1) is 11.1 Å². The topological polar surface area (TPSA) is 74.1 Å². The van der Waals surface area contributed by atoms with Gasteiger partial charge in [-0.25, -0.2) is 4.68 Å². The summed E-state index contributed by atoms with van der Waals surface area (Å²) in [4.78, 5) is 0. The lowest BCUT2D eigenvalue weighted by atomic mass is 10.2. The van der Waals surface area contributed by atoms with Crippen LogP contribution in [0.15, 0.2) is 46.0 Å². The number of nitrogens with zero attached hydrogens (tertiary/aromatic N) is 4. The molecule has 0 atom stereocenters. The zero-order valence-corrected chi connectivity index (χ0v) is 21.2. The van der Waals surface area contributed by atoms with Crippen molar-refractivity contribution < 1.29 is 9.47 Å². The van der Waals surface area contributed by atoms with Crippen molar-refractivity contribution in [2.24, 2.45) is 7.05 Å². The first-order valence-electron chi connectivity index (χ1n) is 9.45. The number of hydrogen-bond acceptors (Lipinski definition) is 7. The van der Waals surface area contributed by atoms with Crippen molar-refractivity contribution in [3.8, 4) is 11.5 Å². The van der Waals surface area contributed by atoms with Crippen molar-refractivity contribution in [2.45, 2.75) is 25.2 Å². The molecule has 2 aromatic carbocycles. The van der Waals surface area contributed by atoms with E-state index >= 15 is 0 Å². The van der Waals surface area contributed by atoms with Crippen LogP contribution in [0, 0.1) is 0 Å². The van der Waals surface area contributed by atoms with Gasteiger partial charge in [0.2, 0.25) is 5.16 Å².